The van der Waals surface area contributed by atoms with Crippen molar-refractivity contribution in [2.24, 2.45) is 0 Å². The van der Waals surface area contributed by atoms with Gasteiger partial charge in [-0.3, -0.25) is 0 Å². The second-order valence-electron chi connectivity index (χ2n) is 3.16. The third-order valence-corrected chi connectivity index (χ3v) is 2.85. The zero-order chi connectivity index (χ0) is 11.1. The third kappa shape index (κ3) is 4.04. The van der Waals surface area contributed by atoms with Crippen molar-refractivity contribution in [2.75, 3.05) is 5.75 Å². The van der Waals surface area contributed by atoms with Gasteiger partial charge in [0.05, 0.1) is 0 Å². The number of hydrogen-bond acceptors (Lipinski definition) is 1. The summed E-state index contributed by atoms with van der Waals surface area (Å²) >= 11 is 0.942. The molecule has 0 aliphatic rings. The van der Waals surface area contributed by atoms with Gasteiger partial charge in [-0.15, -0.1) is 0 Å². The van der Waals surface area contributed by atoms with Gasteiger partial charge < -0.3 is 0 Å². The van der Waals surface area contributed by atoms with Crippen molar-refractivity contribution >= 4 is 17.6 Å². The fourth-order valence-electron chi connectivity index (χ4n) is 1.07. The molecule has 0 N–H and O–H groups in total. The second kappa shape index (κ2) is 6.62. The summed E-state index contributed by atoms with van der Waals surface area (Å²) in [5.41, 5.74) is 0.305. The monoisotopic (exact) mass is 228 g/mol. The van der Waals surface area contributed by atoms with E-state index in [4.69, 9.17) is 0 Å². The molecule has 0 saturated carbocycles. The zero-order valence-corrected chi connectivity index (χ0v) is 9.49. The quantitative estimate of drug-likeness (QED) is 0.653. The summed E-state index contributed by atoms with van der Waals surface area (Å²) in [6.07, 6.45) is 1.90. The predicted molar refractivity (Wildman–Crippen MR) is 62.9 cm³/mol. The lowest BCUT2D eigenvalue weighted by atomic mass is 10.2. The van der Waals surface area contributed by atoms with Crippen molar-refractivity contribution in [3.05, 3.63) is 41.1 Å². The molecule has 0 nitrogen and oxygen atoms in total. The van der Waals surface area contributed by atoms with Crippen LogP contribution in [0.15, 0.2) is 35.5 Å². The minimum absolute atomic E-state index is 0.305. The number of halogens is 2. The SMILES string of the molecule is CCCCS/C(F)=C(\F)c1ccccc1. The fourth-order valence-corrected chi connectivity index (χ4v) is 1.92. The van der Waals surface area contributed by atoms with Crippen LogP contribution in [0.5, 0.6) is 0 Å². The molecule has 0 bridgehead atoms. The molecule has 0 spiro atoms. The Morgan fingerprint density at radius 1 is 1.20 bits per heavy atom. The van der Waals surface area contributed by atoms with E-state index in [1.165, 1.54) is 0 Å². The normalized spacial score (nSPS) is 12.5. The van der Waals surface area contributed by atoms with Crippen LogP contribution in [-0.4, -0.2) is 5.75 Å². The summed E-state index contributed by atoms with van der Waals surface area (Å²) in [4.78, 5) is 0. The summed E-state index contributed by atoms with van der Waals surface area (Å²) < 4.78 is 26.7. The number of benzene rings is 1. The van der Waals surface area contributed by atoms with Crippen LogP contribution in [0.25, 0.3) is 5.83 Å². The minimum Gasteiger partial charge on any atom is -0.202 e. The Morgan fingerprint density at radius 3 is 2.47 bits per heavy atom. The molecular weight excluding hydrogens is 214 g/mol. The Balaban J connectivity index is 2.64. The highest BCUT2D eigenvalue weighted by molar-refractivity contribution is 8.03. The summed E-state index contributed by atoms with van der Waals surface area (Å²) in [5.74, 6) is -0.125. The molecule has 0 aliphatic heterocycles. The van der Waals surface area contributed by atoms with E-state index in [1.807, 2.05) is 6.92 Å². The third-order valence-electron chi connectivity index (χ3n) is 1.93. The lowest BCUT2D eigenvalue weighted by Gasteiger charge is -2.00. The molecule has 0 heterocycles. The van der Waals surface area contributed by atoms with Gasteiger partial charge in [0.15, 0.2) is 11.0 Å². The summed E-state index contributed by atoms with van der Waals surface area (Å²) in [6, 6.07) is 8.29. The molecule has 0 fully saturated rings. The Bertz CT molecular complexity index is 320. The molecule has 15 heavy (non-hydrogen) atoms. The first-order valence-corrected chi connectivity index (χ1v) is 5.97. The Kier molecular flexibility index (Phi) is 5.40. The van der Waals surface area contributed by atoms with Gasteiger partial charge in [0.2, 0.25) is 0 Å². The van der Waals surface area contributed by atoms with Gasteiger partial charge in [-0.2, -0.15) is 4.39 Å². The first-order valence-electron chi connectivity index (χ1n) is 4.99. The average Bonchev–Trinajstić information content (AvgIpc) is 2.29. The lowest BCUT2D eigenvalue weighted by molar-refractivity contribution is 0.654. The average molecular weight is 228 g/mol. The van der Waals surface area contributed by atoms with Gasteiger partial charge in [-0.1, -0.05) is 55.4 Å². The van der Waals surface area contributed by atoms with E-state index in [0.717, 1.165) is 24.6 Å². The van der Waals surface area contributed by atoms with Crippen molar-refractivity contribution in [2.45, 2.75) is 19.8 Å². The van der Waals surface area contributed by atoms with Crippen molar-refractivity contribution in [3.63, 3.8) is 0 Å². The topological polar surface area (TPSA) is 0 Å². The number of thioether (sulfide) groups is 1. The van der Waals surface area contributed by atoms with Crippen LogP contribution in [0.1, 0.15) is 25.3 Å². The largest absolute Gasteiger partial charge is 0.202 e. The molecule has 0 saturated heterocycles. The molecule has 1 rings (SSSR count). The van der Waals surface area contributed by atoms with Crippen LogP contribution >= 0.6 is 11.8 Å². The Labute approximate surface area is 93.4 Å². The molecule has 0 aromatic heterocycles. The van der Waals surface area contributed by atoms with E-state index >= 15 is 0 Å². The smallest absolute Gasteiger partial charge is 0.192 e. The van der Waals surface area contributed by atoms with Gasteiger partial charge in [-0.05, 0) is 6.42 Å². The Hall–Kier alpha value is -0.830. The number of unbranched alkanes of at least 4 members (excludes halogenated alkanes) is 1. The maximum Gasteiger partial charge on any atom is 0.192 e. The maximum atomic E-state index is 13.4. The highest BCUT2D eigenvalue weighted by Crippen LogP contribution is 2.29. The zero-order valence-electron chi connectivity index (χ0n) is 8.67. The lowest BCUT2D eigenvalue weighted by Crippen LogP contribution is -1.82. The fraction of sp³-hybridized carbons (Fsp3) is 0.333. The molecular formula is C12H14F2S. The molecule has 3 heteroatoms. The van der Waals surface area contributed by atoms with Crippen LogP contribution in [0.4, 0.5) is 8.78 Å². The molecule has 0 aliphatic carbocycles. The first kappa shape index (κ1) is 12.2. The van der Waals surface area contributed by atoms with Crippen molar-refractivity contribution in [1.82, 2.24) is 0 Å². The maximum absolute atomic E-state index is 13.4. The molecule has 1 aromatic carbocycles. The van der Waals surface area contributed by atoms with Crippen molar-refractivity contribution < 1.29 is 8.78 Å². The van der Waals surface area contributed by atoms with Gasteiger partial charge in [-0.25, -0.2) is 4.39 Å². The van der Waals surface area contributed by atoms with E-state index in [2.05, 4.69) is 0 Å². The van der Waals surface area contributed by atoms with E-state index in [9.17, 15) is 8.78 Å². The molecule has 0 atom stereocenters. The standard InChI is InChI=1S/C12H14F2S/c1-2-3-9-15-12(14)11(13)10-7-5-4-6-8-10/h4-8H,2-3,9H2,1H3/b12-11-. The van der Waals surface area contributed by atoms with E-state index < -0.39 is 11.0 Å². The van der Waals surface area contributed by atoms with Gasteiger partial charge in [0.25, 0.3) is 0 Å². The summed E-state index contributed by atoms with van der Waals surface area (Å²) in [5, 5.41) is -0.713. The first-order chi connectivity index (χ1) is 7.25. The van der Waals surface area contributed by atoms with Crippen LogP contribution < -0.4 is 0 Å². The van der Waals surface area contributed by atoms with E-state index in [-0.39, 0.29) is 0 Å². The van der Waals surface area contributed by atoms with Gasteiger partial charge >= 0.3 is 0 Å². The van der Waals surface area contributed by atoms with E-state index in [1.54, 1.807) is 30.3 Å². The summed E-state index contributed by atoms with van der Waals surface area (Å²) in [7, 11) is 0. The van der Waals surface area contributed by atoms with E-state index in [0.29, 0.717) is 11.3 Å². The second-order valence-corrected chi connectivity index (χ2v) is 4.21. The van der Waals surface area contributed by atoms with Crippen LogP contribution in [0.3, 0.4) is 0 Å². The molecule has 82 valence electrons. The number of hydrogen-bond donors (Lipinski definition) is 0. The highest BCUT2D eigenvalue weighted by Gasteiger charge is 2.08. The predicted octanol–water partition coefficient (Wildman–Crippen LogP) is 4.79. The van der Waals surface area contributed by atoms with Crippen LogP contribution in [0.2, 0.25) is 0 Å². The van der Waals surface area contributed by atoms with Crippen molar-refractivity contribution in [1.29, 1.82) is 0 Å². The molecule has 1 aromatic rings. The summed E-state index contributed by atoms with van der Waals surface area (Å²) in [6.45, 7) is 2.02. The molecule has 0 radical (unpaired) electrons. The van der Waals surface area contributed by atoms with Gasteiger partial charge in [0, 0.05) is 11.3 Å². The minimum atomic E-state index is -0.753. The van der Waals surface area contributed by atoms with Crippen molar-refractivity contribution in [3.8, 4) is 0 Å². The number of rotatable bonds is 5. The molecule has 0 amide bonds. The molecule has 0 unspecified atom stereocenters. The highest BCUT2D eigenvalue weighted by atomic mass is 32.2. The van der Waals surface area contributed by atoms with Crippen LogP contribution in [0, 0.1) is 0 Å². The van der Waals surface area contributed by atoms with Gasteiger partial charge in [0.1, 0.15) is 0 Å². The Morgan fingerprint density at radius 2 is 1.87 bits per heavy atom. The van der Waals surface area contributed by atoms with Crippen LogP contribution in [-0.2, 0) is 0 Å².